The van der Waals surface area contributed by atoms with Gasteiger partial charge in [0.05, 0.1) is 11.0 Å². The SMILES string of the molecule is O=C(c1ccc(Cl)cc1)N1CCN(c2nc3cc(F)c(F)cc3nc2NC2CC2)CC1. The second-order valence-corrected chi connectivity index (χ2v) is 8.29. The minimum atomic E-state index is -0.950. The molecule has 0 radical (unpaired) electrons. The number of carbonyl (C=O) groups excluding carboxylic acids is 1. The molecule has 0 bridgehead atoms. The van der Waals surface area contributed by atoms with Gasteiger partial charge >= 0.3 is 0 Å². The standard InChI is InChI=1S/C22H20ClF2N5O/c23-14-3-1-13(2-4-14)22(31)30-9-7-29(8-10-30)21-20(26-15-5-6-15)27-18-11-16(24)17(25)12-19(18)28-21/h1-4,11-12,15H,5-10H2,(H,26,27). The number of hydrogen-bond donors (Lipinski definition) is 1. The Morgan fingerprint density at radius 3 is 2.19 bits per heavy atom. The van der Waals surface area contributed by atoms with Gasteiger partial charge in [0, 0.05) is 54.9 Å². The Morgan fingerprint density at radius 2 is 1.58 bits per heavy atom. The fourth-order valence-electron chi connectivity index (χ4n) is 3.68. The number of carbonyl (C=O) groups is 1. The summed E-state index contributed by atoms with van der Waals surface area (Å²) >= 11 is 5.91. The van der Waals surface area contributed by atoms with E-state index in [0.717, 1.165) is 25.0 Å². The highest BCUT2D eigenvalue weighted by atomic mass is 35.5. The molecule has 0 spiro atoms. The van der Waals surface area contributed by atoms with Gasteiger partial charge < -0.3 is 15.1 Å². The van der Waals surface area contributed by atoms with Crippen LogP contribution in [0.2, 0.25) is 5.02 Å². The van der Waals surface area contributed by atoms with Gasteiger partial charge in [-0.05, 0) is 37.1 Å². The Morgan fingerprint density at radius 1 is 0.968 bits per heavy atom. The van der Waals surface area contributed by atoms with E-state index in [4.69, 9.17) is 11.6 Å². The Hall–Kier alpha value is -3.00. The average Bonchev–Trinajstić information content (AvgIpc) is 3.59. The van der Waals surface area contributed by atoms with Crippen molar-refractivity contribution in [3.63, 3.8) is 0 Å². The number of benzene rings is 2. The number of rotatable bonds is 4. The number of anilines is 2. The van der Waals surface area contributed by atoms with Crippen LogP contribution in [0.4, 0.5) is 20.4 Å². The number of piperazine rings is 1. The Bertz CT molecular complexity index is 1140. The summed E-state index contributed by atoms with van der Waals surface area (Å²) in [4.78, 5) is 25.7. The van der Waals surface area contributed by atoms with Crippen molar-refractivity contribution in [1.29, 1.82) is 0 Å². The molecule has 1 N–H and O–H groups in total. The summed E-state index contributed by atoms with van der Waals surface area (Å²) in [6, 6.07) is 9.31. The highest BCUT2D eigenvalue weighted by molar-refractivity contribution is 6.30. The number of halogens is 3. The molecule has 0 unspecified atom stereocenters. The van der Waals surface area contributed by atoms with Gasteiger partial charge in [0.25, 0.3) is 5.91 Å². The van der Waals surface area contributed by atoms with Crippen molar-refractivity contribution in [2.45, 2.75) is 18.9 Å². The molecule has 1 saturated heterocycles. The third-order valence-corrected chi connectivity index (χ3v) is 5.82. The van der Waals surface area contributed by atoms with Gasteiger partial charge in [0.2, 0.25) is 0 Å². The lowest BCUT2D eigenvalue weighted by molar-refractivity contribution is 0.0746. The lowest BCUT2D eigenvalue weighted by Crippen LogP contribution is -2.49. The van der Waals surface area contributed by atoms with Crippen LogP contribution in [0, 0.1) is 11.6 Å². The van der Waals surface area contributed by atoms with Crippen LogP contribution < -0.4 is 10.2 Å². The van der Waals surface area contributed by atoms with Crippen LogP contribution in [0.3, 0.4) is 0 Å². The molecule has 2 heterocycles. The zero-order chi connectivity index (χ0) is 21.5. The molecule has 160 valence electrons. The number of nitrogens with one attached hydrogen (secondary N) is 1. The maximum atomic E-state index is 13.7. The van der Waals surface area contributed by atoms with Crippen LogP contribution in [0.1, 0.15) is 23.2 Å². The highest BCUT2D eigenvalue weighted by Gasteiger charge is 2.28. The molecule has 3 aromatic rings. The number of amides is 1. The Labute approximate surface area is 182 Å². The molecule has 0 atom stereocenters. The van der Waals surface area contributed by atoms with Gasteiger partial charge in [-0.2, -0.15) is 0 Å². The number of hydrogen-bond acceptors (Lipinski definition) is 5. The maximum Gasteiger partial charge on any atom is 0.253 e. The molecule has 5 rings (SSSR count). The number of fused-ring (bicyclic) bond motifs is 1. The predicted molar refractivity (Wildman–Crippen MR) is 116 cm³/mol. The molecule has 1 aliphatic carbocycles. The van der Waals surface area contributed by atoms with Gasteiger partial charge in [0.15, 0.2) is 23.3 Å². The van der Waals surface area contributed by atoms with Crippen LogP contribution in [0.5, 0.6) is 0 Å². The molecule has 31 heavy (non-hydrogen) atoms. The topological polar surface area (TPSA) is 61.4 Å². The zero-order valence-corrected chi connectivity index (χ0v) is 17.4. The van der Waals surface area contributed by atoms with Gasteiger partial charge in [0.1, 0.15) is 0 Å². The van der Waals surface area contributed by atoms with Crippen molar-refractivity contribution >= 4 is 40.2 Å². The van der Waals surface area contributed by atoms with E-state index in [1.54, 1.807) is 29.2 Å². The van der Waals surface area contributed by atoms with E-state index in [1.165, 1.54) is 0 Å². The second kappa shape index (κ2) is 7.92. The molecule has 1 saturated carbocycles. The lowest BCUT2D eigenvalue weighted by atomic mass is 10.2. The van der Waals surface area contributed by atoms with E-state index in [0.29, 0.717) is 65.5 Å². The second-order valence-electron chi connectivity index (χ2n) is 7.86. The predicted octanol–water partition coefficient (Wildman–Crippen LogP) is 4.10. The van der Waals surface area contributed by atoms with Crippen molar-refractivity contribution in [3.8, 4) is 0 Å². The summed E-state index contributed by atoms with van der Waals surface area (Å²) in [6.07, 6.45) is 2.08. The first-order valence-corrected chi connectivity index (χ1v) is 10.6. The summed E-state index contributed by atoms with van der Waals surface area (Å²) in [5.74, 6) is -0.771. The molecular formula is C22H20ClF2N5O. The third-order valence-electron chi connectivity index (χ3n) is 5.56. The van der Waals surface area contributed by atoms with Crippen molar-refractivity contribution in [2.24, 2.45) is 0 Å². The van der Waals surface area contributed by atoms with E-state index < -0.39 is 11.6 Å². The normalized spacial score (nSPS) is 16.6. The molecule has 2 aromatic carbocycles. The Kier molecular flexibility index (Phi) is 5.09. The number of aromatic nitrogens is 2. The molecule has 1 aromatic heterocycles. The summed E-state index contributed by atoms with van der Waals surface area (Å²) in [7, 11) is 0. The summed E-state index contributed by atoms with van der Waals surface area (Å²) < 4.78 is 27.4. The third kappa shape index (κ3) is 4.12. The van der Waals surface area contributed by atoms with Crippen molar-refractivity contribution in [3.05, 3.63) is 58.6 Å². The first-order valence-electron chi connectivity index (χ1n) is 10.2. The lowest BCUT2D eigenvalue weighted by Gasteiger charge is -2.36. The zero-order valence-electron chi connectivity index (χ0n) is 16.6. The number of nitrogens with zero attached hydrogens (tertiary/aromatic N) is 4. The van der Waals surface area contributed by atoms with Gasteiger partial charge in [-0.15, -0.1) is 0 Å². The van der Waals surface area contributed by atoms with E-state index in [9.17, 15) is 13.6 Å². The van der Waals surface area contributed by atoms with Crippen molar-refractivity contribution in [1.82, 2.24) is 14.9 Å². The molecular weight excluding hydrogens is 424 g/mol. The molecule has 1 aliphatic heterocycles. The summed E-state index contributed by atoms with van der Waals surface area (Å²) in [6.45, 7) is 2.15. The van der Waals surface area contributed by atoms with Gasteiger partial charge in [-0.25, -0.2) is 18.7 Å². The quantitative estimate of drug-likeness (QED) is 0.658. The van der Waals surface area contributed by atoms with Crippen molar-refractivity contribution in [2.75, 3.05) is 36.4 Å². The molecule has 9 heteroatoms. The van der Waals surface area contributed by atoms with Crippen LogP contribution in [0.25, 0.3) is 11.0 Å². The van der Waals surface area contributed by atoms with E-state index in [1.807, 2.05) is 4.90 Å². The fraction of sp³-hybridized carbons (Fsp3) is 0.318. The first kappa shape index (κ1) is 19.9. The van der Waals surface area contributed by atoms with Gasteiger partial charge in [-0.1, -0.05) is 11.6 Å². The summed E-state index contributed by atoms with van der Waals surface area (Å²) in [5.41, 5.74) is 1.20. The van der Waals surface area contributed by atoms with Gasteiger partial charge in [-0.3, -0.25) is 4.79 Å². The average molecular weight is 444 g/mol. The minimum Gasteiger partial charge on any atom is -0.364 e. The summed E-state index contributed by atoms with van der Waals surface area (Å²) in [5, 5.41) is 3.93. The molecule has 2 fully saturated rings. The molecule has 2 aliphatic rings. The molecule has 1 amide bonds. The highest BCUT2D eigenvalue weighted by Crippen LogP contribution is 2.32. The maximum absolute atomic E-state index is 13.7. The van der Waals surface area contributed by atoms with E-state index in [-0.39, 0.29) is 5.91 Å². The Balaban J connectivity index is 1.38. The van der Waals surface area contributed by atoms with Crippen LogP contribution in [-0.4, -0.2) is 53.0 Å². The smallest absolute Gasteiger partial charge is 0.253 e. The van der Waals surface area contributed by atoms with Crippen LogP contribution in [0.15, 0.2) is 36.4 Å². The largest absolute Gasteiger partial charge is 0.364 e. The minimum absolute atomic E-state index is 0.0465. The fourth-order valence-corrected chi connectivity index (χ4v) is 3.80. The first-order chi connectivity index (χ1) is 15.0. The van der Waals surface area contributed by atoms with Crippen LogP contribution >= 0.6 is 11.6 Å². The van der Waals surface area contributed by atoms with Crippen molar-refractivity contribution < 1.29 is 13.6 Å². The molecule has 6 nitrogen and oxygen atoms in total. The van der Waals surface area contributed by atoms with Crippen LogP contribution in [-0.2, 0) is 0 Å². The monoisotopic (exact) mass is 443 g/mol. The van der Waals surface area contributed by atoms with E-state index >= 15 is 0 Å². The van der Waals surface area contributed by atoms with E-state index in [2.05, 4.69) is 15.3 Å².